The minimum absolute atomic E-state index is 0. The second-order valence-corrected chi connectivity index (χ2v) is 6.74. The van der Waals surface area contributed by atoms with Gasteiger partial charge in [-0.15, -0.1) is 12.4 Å². The van der Waals surface area contributed by atoms with Gasteiger partial charge in [-0.3, -0.25) is 0 Å². The van der Waals surface area contributed by atoms with Gasteiger partial charge in [0.1, 0.15) is 0 Å². The molecule has 2 N–H and O–H groups in total. The Morgan fingerprint density at radius 2 is 1.43 bits per heavy atom. The average Bonchev–Trinajstić information content (AvgIpc) is 2.57. The molecule has 23 heavy (non-hydrogen) atoms. The Kier molecular flexibility index (Phi) is 7.73. The highest BCUT2D eigenvalue weighted by molar-refractivity contribution is 5.93. The molecule has 0 spiro atoms. The first-order valence-electron chi connectivity index (χ1n) is 9.06. The van der Waals surface area contributed by atoms with E-state index in [2.05, 4.69) is 41.0 Å². The Hall–Kier alpha value is -1.22. The van der Waals surface area contributed by atoms with E-state index in [1.165, 1.54) is 64.2 Å². The molecule has 4 heteroatoms. The van der Waals surface area contributed by atoms with Gasteiger partial charge in [0, 0.05) is 11.7 Å². The molecule has 0 heterocycles. The minimum Gasteiger partial charge on any atom is -0.353 e. The van der Waals surface area contributed by atoms with Gasteiger partial charge < -0.3 is 10.6 Å². The summed E-state index contributed by atoms with van der Waals surface area (Å²) in [4.78, 5) is 5.02. The summed E-state index contributed by atoms with van der Waals surface area (Å²) in [5.41, 5.74) is 1.13. The Labute approximate surface area is 146 Å². The van der Waals surface area contributed by atoms with Crippen molar-refractivity contribution in [3.05, 3.63) is 30.3 Å². The summed E-state index contributed by atoms with van der Waals surface area (Å²) in [6.45, 7) is 0. The average molecular weight is 336 g/mol. The van der Waals surface area contributed by atoms with Gasteiger partial charge in [-0.05, 0) is 37.8 Å². The molecule has 2 saturated carbocycles. The van der Waals surface area contributed by atoms with Crippen LogP contribution in [-0.4, -0.2) is 18.0 Å². The predicted molar refractivity (Wildman–Crippen MR) is 102 cm³/mol. The summed E-state index contributed by atoms with van der Waals surface area (Å²) in [6.07, 6.45) is 13.2. The molecule has 0 saturated heterocycles. The third kappa shape index (κ3) is 6.06. The smallest absolute Gasteiger partial charge is 0.196 e. The van der Waals surface area contributed by atoms with Crippen molar-refractivity contribution in [1.82, 2.24) is 5.32 Å². The van der Waals surface area contributed by atoms with Gasteiger partial charge in [-0.2, -0.15) is 0 Å². The van der Waals surface area contributed by atoms with E-state index in [9.17, 15) is 0 Å². The van der Waals surface area contributed by atoms with Crippen molar-refractivity contribution >= 4 is 24.1 Å². The van der Waals surface area contributed by atoms with Crippen molar-refractivity contribution in [2.45, 2.75) is 76.3 Å². The topological polar surface area (TPSA) is 36.4 Å². The van der Waals surface area contributed by atoms with Crippen molar-refractivity contribution in [2.24, 2.45) is 4.99 Å². The van der Waals surface area contributed by atoms with Gasteiger partial charge in [0.25, 0.3) is 0 Å². The fourth-order valence-electron chi connectivity index (χ4n) is 3.60. The van der Waals surface area contributed by atoms with E-state index < -0.39 is 0 Å². The van der Waals surface area contributed by atoms with E-state index in [1.54, 1.807) is 0 Å². The predicted octanol–water partition coefficient (Wildman–Crippen LogP) is 5.13. The van der Waals surface area contributed by atoms with E-state index in [-0.39, 0.29) is 12.4 Å². The number of halogens is 1. The van der Waals surface area contributed by atoms with Crippen LogP contribution in [0.3, 0.4) is 0 Å². The van der Waals surface area contributed by atoms with Gasteiger partial charge >= 0.3 is 0 Å². The van der Waals surface area contributed by atoms with Gasteiger partial charge in [0.2, 0.25) is 0 Å². The van der Waals surface area contributed by atoms with Gasteiger partial charge in [-0.25, -0.2) is 4.99 Å². The number of para-hydroxylation sites is 1. The molecule has 0 unspecified atom stereocenters. The highest BCUT2D eigenvalue weighted by Gasteiger charge is 2.17. The van der Waals surface area contributed by atoms with E-state index in [0.29, 0.717) is 12.1 Å². The van der Waals surface area contributed by atoms with Crippen molar-refractivity contribution in [1.29, 1.82) is 0 Å². The fourth-order valence-corrected chi connectivity index (χ4v) is 3.60. The van der Waals surface area contributed by atoms with Crippen LogP contribution in [0.1, 0.15) is 64.2 Å². The van der Waals surface area contributed by atoms with E-state index >= 15 is 0 Å². The Balaban J connectivity index is 0.00000192. The van der Waals surface area contributed by atoms with Crippen LogP contribution in [0.4, 0.5) is 5.69 Å². The Bertz CT molecular complexity index is 463. The lowest BCUT2D eigenvalue weighted by Crippen LogP contribution is -2.41. The maximum atomic E-state index is 5.02. The number of nitrogens with zero attached hydrogens (tertiary/aromatic N) is 1. The molecule has 2 fully saturated rings. The zero-order valence-corrected chi connectivity index (χ0v) is 14.8. The van der Waals surface area contributed by atoms with Crippen LogP contribution in [0.15, 0.2) is 35.3 Å². The number of nitrogens with one attached hydrogen (secondary N) is 2. The summed E-state index contributed by atoms with van der Waals surface area (Å²) in [6, 6.07) is 11.5. The van der Waals surface area contributed by atoms with Crippen LogP contribution in [0.5, 0.6) is 0 Å². The van der Waals surface area contributed by atoms with E-state index in [1.807, 2.05) is 0 Å². The van der Waals surface area contributed by atoms with E-state index in [4.69, 9.17) is 4.99 Å². The van der Waals surface area contributed by atoms with Crippen LogP contribution < -0.4 is 10.6 Å². The van der Waals surface area contributed by atoms with Crippen LogP contribution >= 0.6 is 12.4 Å². The molecule has 2 aliphatic rings. The molecule has 0 radical (unpaired) electrons. The van der Waals surface area contributed by atoms with E-state index in [0.717, 1.165) is 11.6 Å². The normalized spacial score (nSPS) is 20.6. The lowest BCUT2D eigenvalue weighted by molar-refractivity contribution is 0.408. The first-order chi connectivity index (χ1) is 10.9. The van der Waals surface area contributed by atoms with Crippen molar-refractivity contribution in [3.63, 3.8) is 0 Å². The highest BCUT2D eigenvalue weighted by Crippen LogP contribution is 2.21. The second-order valence-electron chi connectivity index (χ2n) is 6.74. The molecule has 2 aliphatic carbocycles. The molecular formula is C19H30ClN3. The lowest BCUT2D eigenvalue weighted by Gasteiger charge is -2.27. The summed E-state index contributed by atoms with van der Waals surface area (Å²) in [5.74, 6) is 0.991. The molecule has 0 atom stereocenters. The number of anilines is 1. The second kappa shape index (κ2) is 9.82. The summed E-state index contributed by atoms with van der Waals surface area (Å²) in [5, 5.41) is 7.20. The molecule has 128 valence electrons. The molecule has 3 rings (SSSR count). The van der Waals surface area contributed by atoms with Crippen LogP contribution in [0.2, 0.25) is 0 Å². The summed E-state index contributed by atoms with van der Waals surface area (Å²) >= 11 is 0. The quantitative estimate of drug-likeness (QED) is 0.593. The zero-order chi connectivity index (χ0) is 15.0. The van der Waals surface area contributed by atoms with Crippen LogP contribution in [-0.2, 0) is 0 Å². The monoisotopic (exact) mass is 335 g/mol. The van der Waals surface area contributed by atoms with Crippen molar-refractivity contribution in [2.75, 3.05) is 5.32 Å². The zero-order valence-electron chi connectivity index (χ0n) is 14.0. The standard InChI is InChI=1S/C19H29N3.ClH/c1-4-10-16(11-5-1)20-19(21-17-12-6-2-7-13-17)22-18-14-8-3-9-15-18;/h1,4-5,10-11,17-18H,2-3,6-9,12-15H2,(H2,20,21,22);1H. The van der Waals surface area contributed by atoms with Gasteiger partial charge in [0.15, 0.2) is 5.96 Å². The maximum absolute atomic E-state index is 5.02. The SMILES string of the molecule is Cl.c1ccc(NC(=NC2CCCCC2)NC2CCCCC2)cc1. The first kappa shape index (κ1) is 18.1. The number of rotatable bonds is 3. The molecule has 0 amide bonds. The van der Waals surface area contributed by atoms with Gasteiger partial charge in [0.05, 0.1) is 6.04 Å². The Morgan fingerprint density at radius 3 is 2.09 bits per heavy atom. The number of hydrogen-bond donors (Lipinski definition) is 2. The van der Waals surface area contributed by atoms with Crippen molar-refractivity contribution in [3.8, 4) is 0 Å². The molecule has 1 aromatic carbocycles. The van der Waals surface area contributed by atoms with Crippen LogP contribution in [0.25, 0.3) is 0 Å². The molecule has 1 aromatic rings. The lowest BCUT2D eigenvalue weighted by atomic mass is 9.95. The number of hydrogen-bond acceptors (Lipinski definition) is 1. The molecule has 3 nitrogen and oxygen atoms in total. The summed E-state index contributed by atoms with van der Waals surface area (Å²) in [7, 11) is 0. The molecule has 0 bridgehead atoms. The molecular weight excluding hydrogens is 306 g/mol. The minimum atomic E-state index is 0. The fraction of sp³-hybridized carbons (Fsp3) is 0.632. The third-order valence-corrected chi connectivity index (χ3v) is 4.87. The first-order valence-corrected chi connectivity index (χ1v) is 9.06. The summed E-state index contributed by atoms with van der Waals surface area (Å²) < 4.78 is 0. The number of guanidine groups is 1. The Morgan fingerprint density at radius 1 is 0.826 bits per heavy atom. The highest BCUT2D eigenvalue weighted by atomic mass is 35.5. The maximum Gasteiger partial charge on any atom is 0.196 e. The number of benzene rings is 1. The van der Waals surface area contributed by atoms with Crippen LogP contribution in [0, 0.1) is 0 Å². The largest absolute Gasteiger partial charge is 0.353 e. The van der Waals surface area contributed by atoms with Gasteiger partial charge in [-0.1, -0.05) is 56.7 Å². The molecule has 0 aromatic heterocycles. The number of aliphatic imine (C=N–C) groups is 1. The third-order valence-electron chi connectivity index (χ3n) is 4.87. The van der Waals surface area contributed by atoms with Crippen molar-refractivity contribution < 1.29 is 0 Å². The molecule has 0 aliphatic heterocycles.